The smallest absolute Gasteiger partial charge is 0.0695 e. The van der Waals surface area contributed by atoms with Crippen LogP contribution in [0, 0.1) is 17.3 Å². The third kappa shape index (κ3) is 3.47. The number of rotatable bonds is 2. The van der Waals surface area contributed by atoms with E-state index in [1.807, 2.05) is 0 Å². The van der Waals surface area contributed by atoms with Gasteiger partial charge in [0, 0.05) is 6.04 Å². The molecule has 3 aliphatic rings. The maximum atomic E-state index is 10.5. The number of nitrogens with zero attached hydrogens (tertiary/aromatic N) is 1. The minimum atomic E-state index is -0.0691. The second-order valence-corrected chi connectivity index (χ2v) is 8.55. The fourth-order valence-electron chi connectivity index (χ4n) is 5.29. The quantitative estimate of drug-likeness (QED) is 0.824. The van der Waals surface area contributed by atoms with Crippen LogP contribution in [-0.2, 0) is 0 Å². The summed E-state index contributed by atoms with van der Waals surface area (Å²) in [6.07, 6.45) is 13.5. The van der Waals surface area contributed by atoms with Gasteiger partial charge in [0.2, 0.25) is 0 Å². The van der Waals surface area contributed by atoms with Gasteiger partial charge < -0.3 is 5.11 Å². The summed E-state index contributed by atoms with van der Waals surface area (Å²) in [5.41, 5.74) is 0.686. The van der Waals surface area contributed by atoms with Crippen LogP contribution >= 0.6 is 0 Å². The minimum Gasteiger partial charge on any atom is -0.391 e. The second kappa shape index (κ2) is 6.58. The molecule has 0 aromatic carbocycles. The molecule has 3 atom stereocenters. The van der Waals surface area contributed by atoms with Gasteiger partial charge in [-0.1, -0.05) is 33.1 Å². The highest BCUT2D eigenvalue weighted by Crippen LogP contribution is 2.45. The molecule has 1 N–H and O–H groups in total. The van der Waals surface area contributed by atoms with Crippen LogP contribution in [0.3, 0.4) is 0 Å². The molecule has 2 saturated carbocycles. The molecule has 2 heteroatoms. The fraction of sp³-hybridized carbons (Fsp3) is 1.00. The van der Waals surface area contributed by atoms with E-state index in [4.69, 9.17) is 0 Å². The SMILES string of the molecule is CC(C)C1CCC(O)C(N2CCC3(CCCCC3)CC2)C1. The topological polar surface area (TPSA) is 23.5 Å². The molecular weight excluding hydrogens is 258 g/mol. The molecule has 0 radical (unpaired) electrons. The third-order valence-electron chi connectivity index (χ3n) is 7.01. The summed E-state index contributed by atoms with van der Waals surface area (Å²) >= 11 is 0. The number of hydrogen-bond donors (Lipinski definition) is 1. The zero-order valence-corrected chi connectivity index (χ0v) is 14.2. The molecule has 1 saturated heterocycles. The Morgan fingerprint density at radius 1 is 0.952 bits per heavy atom. The van der Waals surface area contributed by atoms with Crippen molar-refractivity contribution in [2.45, 2.75) is 90.2 Å². The van der Waals surface area contributed by atoms with Gasteiger partial charge >= 0.3 is 0 Å². The normalized spacial score (nSPS) is 38.0. The van der Waals surface area contributed by atoms with Crippen LogP contribution in [0.15, 0.2) is 0 Å². The van der Waals surface area contributed by atoms with Crippen LogP contribution in [0.4, 0.5) is 0 Å². The van der Waals surface area contributed by atoms with Crippen molar-refractivity contribution in [2.24, 2.45) is 17.3 Å². The van der Waals surface area contributed by atoms with Crippen molar-refractivity contribution >= 4 is 0 Å². The van der Waals surface area contributed by atoms with Crippen molar-refractivity contribution in [2.75, 3.05) is 13.1 Å². The number of aliphatic hydroxyl groups is 1. The molecule has 0 aromatic rings. The monoisotopic (exact) mass is 293 g/mol. The molecule has 3 rings (SSSR count). The highest BCUT2D eigenvalue weighted by Gasteiger charge is 2.40. The van der Waals surface area contributed by atoms with E-state index < -0.39 is 0 Å². The van der Waals surface area contributed by atoms with Crippen LogP contribution in [0.1, 0.15) is 78.1 Å². The Bertz CT molecular complexity index is 324. The summed E-state index contributed by atoms with van der Waals surface area (Å²) in [5.74, 6) is 1.60. The first-order chi connectivity index (χ1) is 10.1. The van der Waals surface area contributed by atoms with Crippen molar-refractivity contribution in [1.82, 2.24) is 4.90 Å². The van der Waals surface area contributed by atoms with Crippen molar-refractivity contribution in [1.29, 1.82) is 0 Å². The lowest BCUT2D eigenvalue weighted by Gasteiger charge is -2.49. The second-order valence-electron chi connectivity index (χ2n) is 8.55. The number of aliphatic hydroxyl groups excluding tert-OH is 1. The lowest BCUT2D eigenvalue weighted by molar-refractivity contribution is -0.0362. The number of hydrogen-bond acceptors (Lipinski definition) is 2. The van der Waals surface area contributed by atoms with Gasteiger partial charge in [-0.2, -0.15) is 0 Å². The molecule has 1 spiro atoms. The molecule has 122 valence electrons. The molecule has 21 heavy (non-hydrogen) atoms. The summed E-state index contributed by atoms with van der Waals surface area (Å²) in [7, 11) is 0. The zero-order valence-electron chi connectivity index (χ0n) is 14.2. The van der Waals surface area contributed by atoms with Crippen molar-refractivity contribution in [3.63, 3.8) is 0 Å². The van der Waals surface area contributed by atoms with Crippen molar-refractivity contribution in [3.05, 3.63) is 0 Å². The summed E-state index contributed by atoms with van der Waals surface area (Å²) in [6.45, 7) is 7.19. The maximum Gasteiger partial charge on any atom is 0.0695 e. The van der Waals surface area contributed by atoms with Gasteiger partial charge in [0.15, 0.2) is 0 Å². The van der Waals surface area contributed by atoms with E-state index in [1.165, 1.54) is 70.9 Å². The molecule has 2 nitrogen and oxygen atoms in total. The van der Waals surface area contributed by atoms with E-state index >= 15 is 0 Å². The van der Waals surface area contributed by atoms with Crippen LogP contribution in [-0.4, -0.2) is 35.2 Å². The van der Waals surface area contributed by atoms with Gasteiger partial charge in [-0.05, 0) is 75.3 Å². The number of likely N-dealkylation sites (tertiary alicyclic amines) is 1. The largest absolute Gasteiger partial charge is 0.391 e. The van der Waals surface area contributed by atoms with Crippen LogP contribution < -0.4 is 0 Å². The molecule has 3 fully saturated rings. The van der Waals surface area contributed by atoms with E-state index in [2.05, 4.69) is 18.7 Å². The van der Waals surface area contributed by atoms with E-state index in [1.54, 1.807) is 0 Å². The lowest BCUT2D eigenvalue weighted by Crippen LogP contribution is -2.52. The fourth-order valence-corrected chi connectivity index (χ4v) is 5.29. The van der Waals surface area contributed by atoms with Gasteiger partial charge in [-0.3, -0.25) is 4.90 Å². The van der Waals surface area contributed by atoms with Gasteiger partial charge in [-0.15, -0.1) is 0 Å². The Kier molecular flexibility index (Phi) is 4.95. The maximum absolute atomic E-state index is 10.5. The molecule has 0 amide bonds. The van der Waals surface area contributed by atoms with Gasteiger partial charge in [-0.25, -0.2) is 0 Å². The molecule has 1 aliphatic heterocycles. The highest BCUT2D eigenvalue weighted by atomic mass is 16.3. The first-order valence-corrected chi connectivity index (χ1v) is 9.52. The van der Waals surface area contributed by atoms with E-state index in [0.29, 0.717) is 11.5 Å². The van der Waals surface area contributed by atoms with Crippen molar-refractivity contribution < 1.29 is 5.11 Å². The molecule has 0 bridgehead atoms. The zero-order chi connectivity index (χ0) is 14.9. The number of piperidine rings is 1. The van der Waals surface area contributed by atoms with Gasteiger partial charge in [0.05, 0.1) is 6.10 Å². The average molecular weight is 293 g/mol. The Hall–Kier alpha value is -0.0800. The third-order valence-corrected chi connectivity index (χ3v) is 7.01. The highest BCUT2D eigenvalue weighted by molar-refractivity contribution is 4.94. The summed E-state index contributed by atoms with van der Waals surface area (Å²) in [5, 5.41) is 10.5. The van der Waals surface area contributed by atoms with Crippen LogP contribution in [0.5, 0.6) is 0 Å². The van der Waals surface area contributed by atoms with Gasteiger partial charge in [0.25, 0.3) is 0 Å². The van der Waals surface area contributed by atoms with E-state index in [9.17, 15) is 5.11 Å². The van der Waals surface area contributed by atoms with Crippen LogP contribution in [0.2, 0.25) is 0 Å². The predicted molar refractivity (Wildman–Crippen MR) is 88.3 cm³/mol. The first-order valence-electron chi connectivity index (χ1n) is 9.52. The minimum absolute atomic E-state index is 0.0691. The van der Waals surface area contributed by atoms with Crippen molar-refractivity contribution in [3.8, 4) is 0 Å². The van der Waals surface area contributed by atoms with Crippen LogP contribution in [0.25, 0.3) is 0 Å². The Balaban J connectivity index is 1.57. The molecule has 3 unspecified atom stereocenters. The predicted octanol–water partition coefficient (Wildman–Crippen LogP) is 4.22. The summed E-state index contributed by atoms with van der Waals surface area (Å²) in [6, 6.07) is 0.451. The molecule has 2 aliphatic carbocycles. The molecule has 1 heterocycles. The van der Waals surface area contributed by atoms with E-state index in [0.717, 1.165) is 18.3 Å². The summed E-state index contributed by atoms with van der Waals surface area (Å²) < 4.78 is 0. The molecular formula is C19H35NO. The van der Waals surface area contributed by atoms with Gasteiger partial charge in [0.1, 0.15) is 0 Å². The Morgan fingerprint density at radius 2 is 1.62 bits per heavy atom. The first kappa shape index (κ1) is 15.8. The Morgan fingerprint density at radius 3 is 2.24 bits per heavy atom. The van der Waals surface area contributed by atoms with E-state index in [-0.39, 0.29) is 6.10 Å². The summed E-state index contributed by atoms with van der Waals surface area (Å²) in [4.78, 5) is 2.65. The standard InChI is InChI=1S/C19H35NO/c1-15(2)16-6-7-18(21)17(14-16)20-12-10-19(11-13-20)8-4-3-5-9-19/h15-18,21H,3-14H2,1-2H3. The lowest BCUT2D eigenvalue weighted by atomic mass is 9.67. The average Bonchev–Trinajstić information content (AvgIpc) is 2.49. The Labute approximate surface area is 131 Å². The molecule has 0 aromatic heterocycles.